The number of aromatic nitrogens is 1. The Bertz CT molecular complexity index is 1250. The Kier molecular flexibility index (Phi) is 5.11. The number of hydrogen-bond donors (Lipinski definition) is 0. The van der Waals surface area contributed by atoms with Crippen LogP contribution in [0.1, 0.15) is 31.9 Å². The number of benzene rings is 2. The number of ketones is 1. The second-order valence-electron chi connectivity index (χ2n) is 6.81. The van der Waals surface area contributed by atoms with Crippen LogP contribution in [0.3, 0.4) is 0 Å². The molecule has 6 heteroatoms. The summed E-state index contributed by atoms with van der Waals surface area (Å²) in [5.74, 6) is -0.398. The third kappa shape index (κ3) is 3.63. The molecule has 0 spiro atoms. The molecule has 2 heterocycles. The fraction of sp³-hybridized carbons (Fsp3) is 0.174. The number of oxime groups is 1. The van der Waals surface area contributed by atoms with Crippen LogP contribution in [0.15, 0.2) is 57.9 Å². The molecule has 29 heavy (non-hydrogen) atoms. The van der Waals surface area contributed by atoms with E-state index in [0.29, 0.717) is 5.71 Å². The summed E-state index contributed by atoms with van der Waals surface area (Å²) in [4.78, 5) is 28.5. The molecule has 146 valence electrons. The molecule has 1 aromatic heterocycles. The highest BCUT2D eigenvalue weighted by atomic mass is 32.2. The average molecular weight is 404 g/mol. The quantitative estimate of drug-likeness (QED) is 0.257. The lowest BCUT2D eigenvalue weighted by Crippen LogP contribution is -1.99. The monoisotopic (exact) mass is 404 g/mol. The summed E-state index contributed by atoms with van der Waals surface area (Å²) in [7, 11) is 0. The second kappa shape index (κ2) is 7.72. The van der Waals surface area contributed by atoms with Crippen molar-refractivity contribution in [3.05, 3.63) is 63.9 Å². The van der Waals surface area contributed by atoms with Crippen molar-refractivity contribution in [1.82, 2.24) is 4.57 Å². The van der Waals surface area contributed by atoms with Gasteiger partial charge >= 0.3 is 5.97 Å². The van der Waals surface area contributed by atoms with Gasteiger partial charge in [0, 0.05) is 35.3 Å². The van der Waals surface area contributed by atoms with Crippen molar-refractivity contribution >= 4 is 57.1 Å². The predicted octanol–water partition coefficient (Wildman–Crippen LogP) is 5.27. The number of carbonyl (C=O) groups excluding carboxylic acids is 2. The van der Waals surface area contributed by atoms with E-state index in [1.54, 1.807) is 6.08 Å². The Morgan fingerprint density at radius 2 is 1.86 bits per heavy atom. The van der Waals surface area contributed by atoms with Crippen LogP contribution in [0.25, 0.3) is 27.9 Å². The smallest absolute Gasteiger partial charge is 0.331 e. The topological polar surface area (TPSA) is 60.7 Å². The molecule has 5 nitrogen and oxygen atoms in total. The molecule has 0 aliphatic carbocycles. The van der Waals surface area contributed by atoms with Gasteiger partial charge in [0.2, 0.25) is 0 Å². The number of hydrogen-bond acceptors (Lipinski definition) is 5. The van der Waals surface area contributed by atoms with Crippen molar-refractivity contribution in [2.45, 2.75) is 27.3 Å². The highest BCUT2D eigenvalue weighted by Crippen LogP contribution is 2.33. The zero-order chi connectivity index (χ0) is 20.5. The maximum Gasteiger partial charge on any atom is 0.331 e. The largest absolute Gasteiger partial charge is 0.341 e. The summed E-state index contributed by atoms with van der Waals surface area (Å²) in [5, 5.41) is 7.93. The van der Waals surface area contributed by atoms with Gasteiger partial charge in [-0.25, -0.2) is 4.79 Å². The van der Waals surface area contributed by atoms with Gasteiger partial charge in [0.25, 0.3) is 0 Å². The van der Waals surface area contributed by atoms with Gasteiger partial charge in [0.1, 0.15) is 0 Å². The first-order valence-corrected chi connectivity index (χ1v) is 10.2. The van der Waals surface area contributed by atoms with Crippen LogP contribution in [-0.2, 0) is 21.0 Å². The van der Waals surface area contributed by atoms with Crippen LogP contribution in [0.5, 0.6) is 0 Å². The first kappa shape index (κ1) is 19.2. The average Bonchev–Trinajstić information content (AvgIpc) is 3.26. The fourth-order valence-corrected chi connectivity index (χ4v) is 4.26. The van der Waals surface area contributed by atoms with E-state index in [1.165, 1.54) is 18.7 Å². The molecule has 0 unspecified atom stereocenters. The molecule has 0 radical (unpaired) electrons. The van der Waals surface area contributed by atoms with Crippen LogP contribution >= 0.6 is 11.8 Å². The molecule has 3 aromatic rings. The van der Waals surface area contributed by atoms with Gasteiger partial charge in [-0.1, -0.05) is 29.1 Å². The third-order valence-electron chi connectivity index (χ3n) is 4.89. The zero-order valence-corrected chi connectivity index (χ0v) is 17.2. The van der Waals surface area contributed by atoms with Gasteiger partial charge in [-0.15, -0.1) is 0 Å². The van der Waals surface area contributed by atoms with Gasteiger partial charge in [0.15, 0.2) is 5.78 Å². The van der Waals surface area contributed by atoms with E-state index in [9.17, 15) is 9.59 Å². The molecular formula is C23H20N2O3S. The van der Waals surface area contributed by atoms with Crippen molar-refractivity contribution in [2.24, 2.45) is 5.16 Å². The molecule has 0 amide bonds. The van der Waals surface area contributed by atoms with E-state index in [0.717, 1.165) is 44.4 Å². The molecule has 0 N–H and O–H groups in total. The van der Waals surface area contributed by atoms with Crippen molar-refractivity contribution in [1.29, 1.82) is 0 Å². The highest BCUT2D eigenvalue weighted by Gasteiger charge is 2.14. The molecule has 0 saturated carbocycles. The predicted molar refractivity (Wildman–Crippen MR) is 119 cm³/mol. The Morgan fingerprint density at radius 1 is 1.14 bits per heavy atom. The fourth-order valence-electron chi connectivity index (χ4n) is 3.53. The van der Waals surface area contributed by atoms with Crippen molar-refractivity contribution in [3.63, 3.8) is 0 Å². The summed E-state index contributed by atoms with van der Waals surface area (Å²) in [6, 6.07) is 12.4. The van der Waals surface area contributed by atoms with E-state index in [1.807, 2.05) is 30.5 Å². The maximum atomic E-state index is 11.9. The molecule has 1 aliphatic rings. The second-order valence-corrected chi connectivity index (χ2v) is 7.75. The lowest BCUT2D eigenvalue weighted by atomic mass is 10.0. The third-order valence-corrected chi connectivity index (χ3v) is 5.73. The van der Waals surface area contributed by atoms with E-state index in [2.05, 4.69) is 40.9 Å². The molecular weight excluding hydrogens is 384 g/mol. The number of aryl methyl sites for hydroxylation is 1. The molecule has 0 atom stereocenters. The number of nitrogens with zero attached hydrogens (tertiary/aromatic N) is 2. The molecule has 4 rings (SSSR count). The summed E-state index contributed by atoms with van der Waals surface area (Å²) >= 11 is 1.45. The van der Waals surface area contributed by atoms with Gasteiger partial charge in [-0.2, -0.15) is 0 Å². The molecule has 2 aromatic carbocycles. The van der Waals surface area contributed by atoms with Crippen LogP contribution in [-0.4, -0.2) is 22.0 Å². The minimum atomic E-state index is -0.445. The standard InChI is InChI=1S/C23H20N2O3S/c1-4-25-20-7-5-16(12-23-22(27)9-10-29-23)11-18(20)19-13-17(6-8-21(19)25)14(2)24-28-15(3)26/h5-13H,4H2,1-3H3/b23-12-,24-14+. The van der Waals surface area contributed by atoms with Gasteiger partial charge in [0.05, 0.1) is 10.6 Å². The van der Waals surface area contributed by atoms with E-state index in [-0.39, 0.29) is 5.78 Å². The van der Waals surface area contributed by atoms with E-state index < -0.39 is 5.97 Å². The minimum absolute atomic E-state index is 0.0469. The molecule has 0 bridgehead atoms. The number of fused-ring (bicyclic) bond motifs is 3. The molecule has 0 saturated heterocycles. The lowest BCUT2D eigenvalue weighted by Gasteiger charge is -2.04. The Labute approximate surface area is 172 Å². The number of carbonyl (C=O) groups is 2. The summed E-state index contributed by atoms with van der Waals surface area (Å²) in [5.41, 5.74) is 4.78. The number of rotatable bonds is 4. The van der Waals surface area contributed by atoms with E-state index >= 15 is 0 Å². The summed E-state index contributed by atoms with van der Waals surface area (Å²) < 4.78 is 2.26. The van der Waals surface area contributed by atoms with Crippen molar-refractivity contribution < 1.29 is 14.4 Å². The lowest BCUT2D eigenvalue weighted by molar-refractivity contribution is -0.140. The summed E-state index contributed by atoms with van der Waals surface area (Å²) in [6.07, 6.45) is 3.52. The van der Waals surface area contributed by atoms with Crippen LogP contribution in [0, 0.1) is 0 Å². The number of thioether (sulfide) groups is 1. The van der Waals surface area contributed by atoms with Crippen molar-refractivity contribution in [2.75, 3.05) is 0 Å². The molecule has 1 aliphatic heterocycles. The van der Waals surface area contributed by atoms with Crippen LogP contribution < -0.4 is 0 Å². The first-order valence-electron chi connectivity index (χ1n) is 9.35. The van der Waals surface area contributed by atoms with Gasteiger partial charge in [-0.3, -0.25) is 4.79 Å². The van der Waals surface area contributed by atoms with Crippen molar-refractivity contribution in [3.8, 4) is 0 Å². The SMILES string of the molecule is CCn1c2ccc(/C=C3\SC=CC3=O)cc2c2cc(/C(C)=N/OC(C)=O)ccc21. The highest BCUT2D eigenvalue weighted by molar-refractivity contribution is 8.07. The Hall–Kier alpha value is -3.12. The maximum absolute atomic E-state index is 11.9. The van der Waals surface area contributed by atoms with Gasteiger partial charge in [-0.05, 0) is 66.8 Å². The Balaban J connectivity index is 1.87. The minimum Gasteiger partial charge on any atom is -0.341 e. The normalized spacial score (nSPS) is 15.8. The van der Waals surface area contributed by atoms with Crippen LogP contribution in [0.2, 0.25) is 0 Å². The van der Waals surface area contributed by atoms with Crippen LogP contribution in [0.4, 0.5) is 0 Å². The Morgan fingerprint density at radius 3 is 2.52 bits per heavy atom. The summed E-state index contributed by atoms with van der Waals surface area (Å²) in [6.45, 7) is 6.11. The van der Waals surface area contributed by atoms with Gasteiger partial charge < -0.3 is 9.40 Å². The van der Waals surface area contributed by atoms with E-state index in [4.69, 9.17) is 4.84 Å². The first-order chi connectivity index (χ1) is 14.0. The number of allylic oxidation sites excluding steroid dienone is 2. The molecule has 0 fully saturated rings. The zero-order valence-electron chi connectivity index (χ0n) is 16.4.